The summed E-state index contributed by atoms with van der Waals surface area (Å²) in [4.78, 5) is 22.2. The van der Waals surface area contributed by atoms with E-state index in [9.17, 15) is 13.2 Å². The molecule has 0 saturated carbocycles. The number of rotatable bonds is 4. The van der Waals surface area contributed by atoms with Crippen molar-refractivity contribution in [3.05, 3.63) is 47.9 Å². The number of nitrogens with one attached hydrogen (secondary N) is 1. The first-order chi connectivity index (χ1) is 11.8. The van der Waals surface area contributed by atoms with Crippen LogP contribution in [-0.4, -0.2) is 53.8 Å². The molecule has 1 aromatic heterocycles. The van der Waals surface area contributed by atoms with Gasteiger partial charge in [-0.05, 0) is 25.5 Å². The van der Waals surface area contributed by atoms with Gasteiger partial charge in [0.1, 0.15) is 17.8 Å². The predicted molar refractivity (Wildman–Crippen MR) is 95.6 cm³/mol. The van der Waals surface area contributed by atoms with E-state index in [1.165, 1.54) is 11.2 Å². The van der Waals surface area contributed by atoms with E-state index in [2.05, 4.69) is 15.3 Å². The third-order valence-electron chi connectivity index (χ3n) is 4.29. The van der Waals surface area contributed by atoms with Crippen LogP contribution in [0.25, 0.3) is 0 Å². The van der Waals surface area contributed by atoms with E-state index in [0.29, 0.717) is 12.2 Å². The van der Waals surface area contributed by atoms with Gasteiger partial charge in [-0.3, -0.25) is 4.79 Å². The lowest BCUT2D eigenvalue weighted by Gasteiger charge is -2.23. The molecule has 1 atom stereocenters. The highest BCUT2D eigenvalue weighted by molar-refractivity contribution is 7.91. The number of hydrogen-bond donors (Lipinski definition) is 1. The average Bonchev–Trinajstić information content (AvgIpc) is 2.96. The van der Waals surface area contributed by atoms with Crippen LogP contribution in [0.1, 0.15) is 22.5 Å². The number of benzene rings is 1. The Morgan fingerprint density at radius 1 is 1.24 bits per heavy atom. The number of hydrogen-bond acceptors (Lipinski definition) is 6. The Morgan fingerprint density at radius 2 is 1.96 bits per heavy atom. The van der Waals surface area contributed by atoms with Crippen LogP contribution in [-0.2, 0) is 9.84 Å². The molecule has 1 aliphatic rings. The molecule has 1 unspecified atom stereocenters. The topological polar surface area (TPSA) is 92.3 Å². The van der Waals surface area contributed by atoms with Crippen LogP contribution in [0, 0.1) is 6.92 Å². The summed E-state index contributed by atoms with van der Waals surface area (Å²) >= 11 is 0. The van der Waals surface area contributed by atoms with Crippen LogP contribution >= 0.6 is 0 Å². The molecule has 132 valence electrons. The second kappa shape index (κ2) is 6.79. The summed E-state index contributed by atoms with van der Waals surface area (Å²) in [5.41, 5.74) is 2.24. The lowest BCUT2D eigenvalue weighted by Crippen LogP contribution is -2.38. The zero-order valence-electron chi connectivity index (χ0n) is 14.1. The first kappa shape index (κ1) is 17.3. The van der Waals surface area contributed by atoms with E-state index >= 15 is 0 Å². The maximum absolute atomic E-state index is 12.6. The molecular weight excluding hydrogens is 340 g/mol. The second-order valence-electron chi connectivity index (χ2n) is 6.25. The van der Waals surface area contributed by atoms with E-state index in [1.807, 2.05) is 31.2 Å². The van der Waals surface area contributed by atoms with Gasteiger partial charge in [0.05, 0.1) is 11.5 Å². The lowest BCUT2D eigenvalue weighted by atomic mass is 10.2. The van der Waals surface area contributed by atoms with Crippen molar-refractivity contribution in [3.8, 4) is 0 Å². The summed E-state index contributed by atoms with van der Waals surface area (Å²) in [7, 11) is -1.43. The van der Waals surface area contributed by atoms with Gasteiger partial charge in [-0.15, -0.1) is 0 Å². The quantitative estimate of drug-likeness (QED) is 0.894. The fourth-order valence-corrected chi connectivity index (χ4v) is 4.53. The molecular formula is C17H20N4O3S. The molecule has 7 nitrogen and oxygen atoms in total. The first-order valence-electron chi connectivity index (χ1n) is 7.97. The summed E-state index contributed by atoms with van der Waals surface area (Å²) < 4.78 is 23.2. The number of anilines is 2. The Morgan fingerprint density at radius 3 is 2.60 bits per heavy atom. The SMILES string of the molecule is Cc1ccc(Nc2cc(C(=O)N(C)C3CCS(=O)(=O)C3)ncn2)cc1. The Bertz CT molecular complexity index is 881. The highest BCUT2D eigenvalue weighted by atomic mass is 32.2. The van der Waals surface area contributed by atoms with Crippen molar-refractivity contribution in [1.29, 1.82) is 0 Å². The molecule has 1 saturated heterocycles. The minimum atomic E-state index is -3.05. The smallest absolute Gasteiger partial charge is 0.272 e. The van der Waals surface area contributed by atoms with Crippen molar-refractivity contribution >= 4 is 27.2 Å². The van der Waals surface area contributed by atoms with Gasteiger partial charge in [0.2, 0.25) is 0 Å². The van der Waals surface area contributed by atoms with Crippen LogP contribution in [0.3, 0.4) is 0 Å². The largest absolute Gasteiger partial charge is 0.340 e. The van der Waals surface area contributed by atoms with Crippen LogP contribution in [0.15, 0.2) is 36.7 Å². The standard InChI is InChI=1S/C17H20N4O3S/c1-12-3-5-13(6-4-12)20-16-9-15(18-11-19-16)17(22)21(2)14-7-8-25(23,24)10-14/h3-6,9,11,14H,7-8,10H2,1-2H3,(H,18,19,20). The summed E-state index contributed by atoms with van der Waals surface area (Å²) in [5.74, 6) is 0.333. The number of aromatic nitrogens is 2. The Hall–Kier alpha value is -2.48. The molecule has 25 heavy (non-hydrogen) atoms. The Labute approximate surface area is 147 Å². The molecule has 1 fully saturated rings. The third kappa shape index (κ3) is 4.14. The Kier molecular flexibility index (Phi) is 4.71. The third-order valence-corrected chi connectivity index (χ3v) is 6.04. The van der Waals surface area contributed by atoms with Gasteiger partial charge in [-0.25, -0.2) is 18.4 Å². The van der Waals surface area contributed by atoms with Gasteiger partial charge in [0.25, 0.3) is 5.91 Å². The van der Waals surface area contributed by atoms with Crippen LogP contribution in [0.4, 0.5) is 11.5 Å². The van der Waals surface area contributed by atoms with Crippen molar-refractivity contribution < 1.29 is 13.2 Å². The molecule has 1 N–H and O–H groups in total. The molecule has 2 aromatic rings. The van der Waals surface area contributed by atoms with E-state index in [1.54, 1.807) is 13.1 Å². The monoisotopic (exact) mass is 360 g/mol. The van der Waals surface area contributed by atoms with E-state index in [0.717, 1.165) is 11.3 Å². The lowest BCUT2D eigenvalue weighted by molar-refractivity contribution is 0.0741. The molecule has 1 amide bonds. The van der Waals surface area contributed by atoms with Crippen molar-refractivity contribution in [1.82, 2.24) is 14.9 Å². The molecule has 0 bridgehead atoms. The van der Waals surface area contributed by atoms with Crippen molar-refractivity contribution in [2.75, 3.05) is 23.9 Å². The maximum atomic E-state index is 12.6. The molecule has 0 aliphatic carbocycles. The minimum absolute atomic E-state index is 0.00873. The van der Waals surface area contributed by atoms with Crippen LogP contribution in [0.5, 0.6) is 0 Å². The normalized spacial score (nSPS) is 18.7. The highest BCUT2D eigenvalue weighted by Gasteiger charge is 2.33. The van der Waals surface area contributed by atoms with E-state index < -0.39 is 9.84 Å². The molecule has 2 heterocycles. The van der Waals surface area contributed by atoms with E-state index in [-0.39, 0.29) is 29.1 Å². The van der Waals surface area contributed by atoms with Gasteiger partial charge in [-0.2, -0.15) is 0 Å². The number of carbonyl (C=O) groups is 1. The number of sulfone groups is 1. The number of amides is 1. The minimum Gasteiger partial charge on any atom is -0.340 e. The zero-order valence-corrected chi connectivity index (χ0v) is 15.0. The fourth-order valence-electron chi connectivity index (χ4n) is 2.75. The van der Waals surface area contributed by atoms with E-state index in [4.69, 9.17) is 0 Å². The van der Waals surface area contributed by atoms with Gasteiger partial charge < -0.3 is 10.2 Å². The van der Waals surface area contributed by atoms with Gasteiger partial charge in [0, 0.05) is 24.8 Å². The van der Waals surface area contributed by atoms with Crippen molar-refractivity contribution in [2.45, 2.75) is 19.4 Å². The predicted octanol–water partition coefficient (Wildman–Crippen LogP) is 1.79. The summed E-state index contributed by atoms with van der Waals surface area (Å²) in [6.45, 7) is 2.00. The maximum Gasteiger partial charge on any atom is 0.272 e. The second-order valence-corrected chi connectivity index (χ2v) is 8.48. The number of carbonyl (C=O) groups excluding carboxylic acids is 1. The average molecular weight is 360 g/mol. The molecule has 0 radical (unpaired) electrons. The van der Waals surface area contributed by atoms with Crippen molar-refractivity contribution in [2.24, 2.45) is 0 Å². The summed E-state index contributed by atoms with van der Waals surface area (Å²) in [6.07, 6.45) is 1.78. The molecule has 8 heteroatoms. The van der Waals surface area contributed by atoms with Crippen LogP contribution in [0.2, 0.25) is 0 Å². The molecule has 1 aromatic carbocycles. The summed E-state index contributed by atoms with van der Waals surface area (Å²) in [6, 6.07) is 9.07. The highest BCUT2D eigenvalue weighted by Crippen LogP contribution is 2.19. The Balaban J connectivity index is 1.74. The molecule has 0 spiro atoms. The molecule has 1 aliphatic heterocycles. The molecule has 3 rings (SSSR count). The van der Waals surface area contributed by atoms with Crippen molar-refractivity contribution in [3.63, 3.8) is 0 Å². The summed E-state index contributed by atoms with van der Waals surface area (Å²) in [5, 5.41) is 3.13. The van der Waals surface area contributed by atoms with Gasteiger partial charge >= 0.3 is 0 Å². The first-order valence-corrected chi connectivity index (χ1v) is 9.79. The van der Waals surface area contributed by atoms with Gasteiger partial charge in [0.15, 0.2) is 9.84 Å². The number of aryl methyl sites for hydroxylation is 1. The zero-order chi connectivity index (χ0) is 18.0. The fraction of sp³-hybridized carbons (Fsp3) is 0.353. The van der Waals surface area contributed by atoms with Crippen LogP contribution < -0.4 is 5.32 Å². The number of nitrogens with zero attached hydrogens (tertiary/aromatic N) is 3. The van der Waals surface area contributed by atoms with Gasteiger partial charge in [-0.1, -0.05) is 17.7 Å².